The summed E-state index contributed by atoms with van der Waals surface area (Å²) in [5.41, 5.74) is 0.888. The lowest BCUT2D eigenvalue weighted by Crippen LogP contribution is -2.17. The van der Waals surface area contributed by atoms with Gasteiger partial charge in [-0.1, -0.05) is 6.07 Å². The normalized spacial score (nSPS) is 19.3. The van der Waals surface area contributed by atoms with Crippen LogP contribution in [0, 0.1) is 0 Å². The molecule has 1 fully saturated rings. The topological polar surface area (TPSA) is 89.5 Å². The minimum atomic E-state index is -2.93. The van der Waals surface area contributed by atoms with Gasteiger partial charge in [0.1, 0.15) is 0 Å². The Balaban J connectivity index is 1.85. The van der Waals surface area contributed by atoms with Crippen molar-refractivity contribution in [1.82, 2.24) is 0 Å². The Morgan fingerprint density at radius 2 is 2.17 bits per heavy atom. The van der Waals surface area contributed by atoms with Crippen molar-refractivity contribution in [3.63, 3.8) is 0 Å². The molecule has 1 aromatic rings. The largest absolute Gasteiger partial charge is 0.462 e. The van der Waals surface area contributed by atoms with E-state index in [0.717, 1.165) is 0 Å². The van der Waals surface area contributed by atoms with Gasteiger partial charge in [-0.2, -0.15) is 0 Å². The summed E-state index contributed by atoms with van der Waals surface area (Å²) in [6.45, 7) is 2.01. The van der Waals surface area contributed by atoms with Crippen molar-refractivity contribution in [1.29, 1.82) is 0 Å². The summed E-state index contributed by atoms with van der Waals surface area (Å²) in [7, 11) is -2.93. The van der Waals surface area contributed by atoms with E-state index in [1.807, 2.05) is 0 Å². The molecule has 126 valence electrons. The molecule has 23 heavy (non-hydrogen) atoms. The second kappa shape index (κ2) is 7.83. The minimum Gasteiger partial charge on any atom is -0.462 e. The average Bonchev–Trinajstić information content (AvgIpc) is 2.85. The molecule has 1 aromatic carbocycles. The molecule has 1 aliphatic heterocycles. The number of benzene rings is 1. The maximum atomic E-state index is 11.9. The van der Waals surface area contributed by atoms with E-state index < -0.39 is 15.8 Å². The van der Waals surface area contributed by atoms with E-state index in [2.05, 4.69) is 5.32 Å². The molecule has 1 saturated heterocycles. The summed E-state index contributed by atoms with van der Waals surface area (Å²) in [6, 6.07) is 6.52. The number of rotatable bonds is 6. The fraction of sp³-hybridized carbons (Fsp3) is 0.467. The summed E-state index contributed by atoms with van der Waals surface area (Å²) in [5, 5.41) is 2.69. The molecule has 2 rings (SSSR count). The van der Waals surface area contributed by atoms with Gasteiger partial charge in [-0.15, -0.1) is 11.8 Å². The van der Waals surface area contributed by atoms with Crippen LogP contribution in [0.5, 0.6) is 0 Å². The van der Waals surface area contributed by atoms with Crippen LogP contribution in [0.4, 0.5) is 5.69 Å². The highest BCUT2D eigenvalue weighted by molar-refractivity contribution is 8.02. The maximum Gasteiger partial charge on any atom is 0.338 e. The fourth-order valence-corrected chi connectivity index (χ4v) is 5.66. The van der Waals surface area contributed by atoms with Crippen molar-refractivity contribution >= 4 is 39.2 Å². The number of nitrogens with one attached hydrogen (secondary N) is 1. The van der Waals surface area contributed by atoms with Gasteiger partial charge < -0.3 is 10.1 Å². The molecule has 0 radical (unpaired) electrons. The zero-order valence-electron chi connectivity index (χ0n) is 12.8. The van der Waals surface area contributed by atoms with Gasteiger partial charge in [-0.3, -0.25) is 4.79 Å². The van der Waals surface area contributed by atoms with Gasteiger partial charge in [0.05, 0.1) is 29.4 Å². The van der Waals surface area contributed by atoms with Crippen molar-refractivity contribution in [3.8, 4) is 0 Å². The van der Waals surface area contributed by atoms with Crippen molar-refractivity contribution in [3.05, 3.63) is 29.8 Å². The number of esters is 1. The molecule has 0 saturated carbocycles. The first-order valence-corrected chi connectivity index (χ1v) is 10.2. The van der Waals surface area contributed by atoms with Gasteiger partial charge in [-0.05, 0) is 31.5 Å². The lowest BCUT2D eigenvalue weighted by molar-refractivity contribution is -0.113. The summed E-state index contributed by atoms with van der Waals surface area (Å²) in [4.78, 5) is 23.6. The van der Waals surface area contributed by atoms with Crippen LogP contribution in [0.3, 0.4) is 0 Å². The third kappa shape index (κ3) is 5.54. The molecule has 0 aliphatic carbocycles. The van der Waals surface area contributed by atoms with Crippen LogP contribution in [0.2, 0.25) is 0 Å². The number of anilines is 1. The molecule has 0 bridgehead atoms. The summed E-state index contributed by atoms with van der Waals surface area (Å²) < 4.78 is 27.7. The third-order valence-corrected chi connectivity index (χ3v) is 6.58. The first-order chi connectivity index (χ1) is 10.9. The Hall–Kier alpha value is -1.54. The van der Waals surface area contributed by atoms with Crippen LogP contribution in [0.1, 0.15) is 23.7 Å². The van der Waals surface area contributed by atoms with E-state index in [4.69, 9.17) is 4.74 Å². The highest BCUT2D eigenvalue weighted by atomic mass is 32.2. The van der Waals surface area contributed by atoms with E-state index in [0.29, 0.717) is 17.7 Å². The number of amides is 1. The van der Waals surface area contributed by atoms with Gasteiger partial charge >= 0.3 is 5.97 Å². The van der Waals surface area contributed by atoms with Gasteiger partial charge in [0.2, 0.25) is 5.91 Å². The highest BCUT2D eigenvalue weighted by Gasteiger charge is 2.28. The number of ether oxygens (including phenoxy) is 1. The molecule has 0 aromatic heterocycles. The first kappa shape index (κ1) is 17.8. The van der Waals surface area contributed by atoms with Crippen molar-refractivity contribution < 1.29 is 22.7 Å². The Bertz CT molecular complexity index is 687. The molecule has 1 heterocycles. The fourth-order valence-electron chi connectivity index (χ4n) is 2.22. The molecular formula is C15H19NO5S2. The molecule has 1 atom stereocenters. The second-order valence-corrected chi connectivity index (χ2v) is 8.70. The number of hydrogen-bond acceptors (Lipinski definition) is 6. The number of carbonyl (C=O) groups is 2. The molecule has 1 amide bonds. The Morgan fingerprint density at radius 1 is 1.39 bits per heavy atom. The maximum absolute atomic E-state index is 11.9. The lowest BCUT2D eigenvalue weighted by Gasteiger charge is -2.09. The van der Waals surface area contributed by atoms with E-state index in [-0.39, 0.29) is 35.0 Å². The standard InChI is InChI=1S/C15H19NO5S2/c1-2-21-15(18)11-4-3-5-12(8-11)16-14(17)9-22-13-6-7-23(19,20)10-13/h3-5,8,13H,2,6-7,9-10H2,1H3,(H,16,17)/t13-/m1/s1. The molecule has 8 heteroatoms. The minimum absolute atomic E-state index is 0.0170. The van der Waals surface area contributed by atoms with Crippen molar-refractivity contribution in [2.75, 3.05) is 29.2 Å². The zero-order chi connectivity index (χ0) is 16.9. The van der Waals surface area contributed by atoms with Gasteiger partial charge in [0.15, 0.2) is 9.84 Å². The number of sulfone groups is 1. The number of thioether (sulfide) groups is 1. The lowest BCUT2D eigenvalue weighted by atomic mass is 10.2. The average molecular weight is 357 g/mol. The Morgan fingerprint density at radius 3 is 2.83 bits per heavy atom. The van der Waals surface area contributed by atoms with Gasteiger partial charge in [0.25, 0.3) is 0 Å². The van der Waals surface area contributed by atoms with Crippen LogP contribution >= 0.6 is 11.8 Å². The molecule has 0 unspecified atom stereocenters. The third-order valence-electron chi connectivity index (χ3n) is 3.30. The predicted octanol–water partition coefficient (Wildman–Crippen LogP) is 1.72. The van der Waals surface area contributed by atoms with Crippen LogP contribution in [0.25, 0.3) is 0 Å². The molecular weight excluding hydrogens is 338 g/mol. The van der Waals surface area contributed by atoms with Crippen molar-refractivity contribution in [2.24, 2.45) is 0 Å². The monoisotopic (exact) mass is 357 g/mol. The van der Waals surface area contributed by atoms with Crippen LogP contribution < -0.4 is 5.32 Å². The van der Waals surface area contributed by atoms with Crippen LogP contribution in [0.15, 0.2) is 24.3 Å². The van der Waals surface area contributed by atoms with Crippen LogP contribution in [-0.2, 0) is 19.4 Å². The SMILES string of the molecule is CCOC(=O)c1cccc(NC(=O)CS[C@@H]2CCS(=O)(=O)C2)c1. The van der Waals surface area contributed by atoms with Gasteiger partial charge in [-0.25, -0.2) is 13.2 Å². The quantitative estimate of drug-likeness (QED) is 0.780. The van der Waals surface area contributed by atoms with Crippen LogP contribution in [-0.4, -0.2) is 49.4 Å². The van der Waals surface area contributed by atoms with E-state index in [1.165, 1.54) is 11.8 Å². The summed E-state index contributed by atoms with van der Waals surface area (Å²) >= 11 is 1.35. The number of hydrogen-bond donors (Lipinski definition) is 1. The van der Waals surface area contributed by atoms with E-state index in [9.17, 15) is 18.0 Å². The zero-order valence-corrected chi connectivity index (χ0v) is 14.4. The predicted molar refractivity (Wildman–Crippen MR) is 90.5 cm³/mol. The first-order valence-electron chi connectivity index (χ1n) is 7.28. The van der Waals surface area contributed by atoms with Crippen molar-refractivity contribution in [2.45, 2.75) is 18.6 Å². The Labute approximate surface area is 139 Å². The number of carbonyl (C=O) groups excluding carboxylic acids is 2. The Kier molecular flexibility index (Phi) is 6.06. The summed E-state index contributed by atoms with van der Waals surface area (Å²) in [5.74, 6) is -0.129. The molecule has 6 nitrogen and oxygen atoms in total. The summed E-state index contributed by atoms with van der Waals surface area (Å²) in [6.07, 6.45) is 0.596. The van der Waals surface area contributed by atoms with Gasteiger partial charge in [0, 0.05) is 10.9 Å². The second-order valence-electron chi connectivity index (χ2n) is 5.19. The molecule has 1 N–H and O–H groups in total. The van der Waals surface area contributed by atoms with E-state index >= 15 is 0 Å². The molecule has 0 spiro atoms. The molecule has 1 aliphatic rings. The van der Waals surface area contributed by atoms with E-state index in [1.54, 1.807) is 31.2 Å². The smallest absolute Gasteiger partial charge is 0.338 e. The highest BCUT2D eigenvalue weighted by Crippen LogP contribution is 2.24.